The summed E-state index contributed by atoms with van der Waals surface area (Å²) in [5, 5.41) is 15.6. The monoisotopic (exact) mass is 724 g/mol. The number of carboxylic acids is 1. The second kappa shape index (κ2) is 17.9. The first-order valence-electron chi connectivity index (χ1n) is 18.0. The molecule has 16 nitrogen and oxygen atoms in total. The van der Waals surface area contributed by atoms with Crippen molar-refractivity contribution in [1.82, 2.24) is 30.3 Å². The number of piperazine rings is 1. The molecule has 52 heavy (non-hydrogen) atoms. The number of benzene rings is 1. The molecule has 2 atom stereocenters. The zero-order valence-electron chi connectivity index (χ0n) is 29.8. The number of hydrogen-bond acceptors (Lipinski definition) is 10. The number of aliphatic carboxylic acids is 1. The zero-order valence-corrected chi connectivity index (χ0v) is 29.8. The number of aromatic nitrogens is 1. The van der Waals surface area contributed by atoms with Gasteiger partial charge in [-0.15, -0.1) is 0 Å². The number of likely N-dealkylation sites (tertiary alicyclic amines) is 1. The lowest BCUT2D eigenvalue weighted by Crippen LogP contribution is -2.56. The molecule has 1 aromatic heterocycles. The number of rotatable bonds is 15. The number of amides is 5. The van der Waals surface area contributed by atoms with Crippen molar-refractivity contribution in [3.8, 4) is 11.5 Å². The van der Waals surface area contributed by atoms with Crippen molar-refractivity contribution in [3.63, 3.8) is 0 Å². The third-order valence-corrected chi connectivity index (χ3v) is 9.71. The molecule has 3 fully saturated rings. The van der Waals surface area contributed by atoms with Gasteiger partial charge >= 0.3 is 12.1 Å². The fraction of sp³-hybridized carbons (Fsp3) is 0.583. The zero-order chi connectivity index (χ0) is 37.2. The van der Waals surface area contributed by atoms with Crippen LogP contribution in [0.5, 0.6) is 11.5 Å². The summed E-state index contributed by atoms with van der Waals surface area (Å²) in [6.45, 7) is 3.16. The average Bonchev–Trinajstić information content (AvgIpc) is 3.63. The summed E-state index contributed by atoms with van der Waals surface area (Å²) in [5.74, 6) is -2.27. The first kappa shape index (κ1) is 38.1. The van der Waals surface area contributed by atoms with Crippen LogP contribution in [-0.4, -0.2) is 132 Å². The number of carbonyl (C=O) groups excluding carboxylic acids is 5. The highest BCUT2D eigenvalue weighted by molar-refractivity contribution is 6.00. The predicted molar refractivity (Wildman–Crippen MR) is 187 cm³/mol. The van der Waals surface area contributed by atoms with Crippen LogP contribution >= 0.6 is 0 Å². The molecule has 0 bridgehead atoms. The molecule has 0 radical (unpaired) electrons. The van der Waals surface area contributed by atoms with Crippen molar-refractivity contribution in [1.29, 1.82) is 0 Å². The van der Waals surface area contributed by atoms with Gasteiger partial charge in [-0.25, -0.2) is 9.78 Å². The van der Waals surface area contributed by atoms with Gasteiger partial charge < -0.3 is 44.7 Å². The Hall–Kier alpha value is -5.15. The van der Waals surface area contributed by atoms with Crippen LogP contribution in [0, 0.1) is 0 Å². The molecule has 2 aromatic rings. The number of unbranched alkanes of at least 4 members (excludes halogenated alkanes) is 1. The highest BCUT2D eigenvalue weighted by Gasteiger charge is 2.36. The Morgan fingerprint density at radius 1 is 0.981 bits per heavy atom. The third kappa shape index (κ3) is 9.59. The fourth-order valence-electron chi connectivity index (χ4n) is 6.43. The Kier molecular flexibility index (Phi) is 13.1. The number of carbonyl (C=O) groups is 6. The number of carboxylic acid groups (broad SMARTS) is 1. The maximum Gasteiger partial charge on any atom is 0.409 e. The van der Waals surface area contributed by atoms with Gasteiger partial charge in [0.15, 0.2) is 6.61 Å². The Morgan fingerprint density at radius 2 is 1.73 bits per heavy atom. The molecule has 0 spiro atoms. The molecule has 3 N–H and O–H groups in total. The van der Waals surface area contributed by atoms with Crippen LogP contribution in [0.25, 0.3) is 10.9 Å². The van der Waals surface area contributed by atoms with Gasteiger partial charge in [-0.3, -0.25) is 24.0 Å². The van der Waals surface area contributed by atoms with E-state index in [2.05, 4.69) is 15.6 Å². The molecule has 2 saturated heterocycles. The van der Waals surface area contributed by atoms with Gasteiger partial charge in [-0.1, -0.05) is 13.3 Å². The number of ether oxygens (including phenoxy) is 3. The Bertz CT molecular complexity index is 1640. The van der Waals surface area contributed by atoms with Gasteiger partial charge in [0.2, 0.25) is 11.8 Å². The lowest BCUT2D eigenvalue weighted by molar-refractivity contribution is -0.140. The number of fused-ring (bicyclic) bond motifs is 1. The van der Waals surface area contributed by atoms with E-state index in [-0.39, 0.29) is 68.3 Å². The van der Waals surface area contributed by atoms with E-state index in [4.69, 9.17) is 14.2 Å². The topological polar surface area (TPSA) is 197 Å². The van der Waals surface area contributed by atoms with Crippen LogP contribution in [0.1, 0.15) is 75.2 Å². The van der Waals surface area contributed by atoms with Crippen molar-refractivity contribution in [3.05, 3.63) is 30.0 Å². The van der Waals surface area contributed by atoms with Gasteiger partial charge in [0.1, 0.15) is 29.3 Å². The summed E-state index contributed by atoms with van der Waals surface area (Å²) in [6, 6.07) is 4.72. The maximum absolute atomic E-state index is 13.7. The number of nitrogens with zero attached hydrogens (tertiary/aromatic N) is 4. The van der Waals surface area contributed by atoms with E-state index in [1.165, 1.54) is 27.9 Å². The van der Waals surface area contributed by atoms with Crippen LogP contribution < -0.4 is 20.1 Å². The van der Waals surface area contributed by atoms with E-state index in [1.807, 2.05) is 6.92 Å². The largest absolute Gasteiger partial charge is 0.497 e. The maximum atomic E-state index is 13.7. The molecule has 282 valence electrons. The van der Waals surface area contributed by atoms with Crippen molar-refractivity contribution in [2.24, 2.45) is 0 Å². The lowest BCUT2D eigenvalue weighted by Gasteiger charge is -2.36. The molecule has 1 saturated carbocycles. The Morgan fingerprint density at radius 3 is 2.40 bits per heavy atom. The second-order valence-electron chi connectivity index (χ2n) is 13.3. The van der Waals surface area contributed by atoms with Crippen LogP contribution in [0.3, 0.4) is 0 Å². The lowest BCUT2D eigenvalue weighted by atomic mass is 9.93. The highest BCUT2D eigenvalue weighted by atomic mass is 16.6. The van der Waals surface area contributed by atoms with E-state index in [0.29, 0.717) is 42.6 Å². The van der Waals surface area contributed by atoms with Crippen molar-refractivity contribution >= 4 is 46.6 Å². The van der Waals surface area contributed by atoms with Crippen LogP contribution in [-0.2, 0) is 23.9 Å². The predicted octanol–water partition coefficient (Wildman–Crippen LogP) is 2.33. The first-order valence-corrected chi connectivity index (χ1v) is 18.0. The van der Waals surface area contributed by atoms with E-state index in [1.54, 1.807) is 18.2 Å². The number of hydrogen-bond donors (Lipinski definition) is 3. The van der Waals surface area contributed by atoms with Crippen molar-refractivity contribution in [2.45, 2.75) is 82.8 Å². The van der Waals surface area contributed by atoms with Crippen LogP contribution in [0.15, 0.2) is 24.3 Å². The van der Waals surface area contributed by atoms with Gasteiger partial charge in [-0.2, -0.15) is 0 Å². The summed E-state index contributed by atoms with van der Waals surface area (Å²) in [6.07, 6.45) is 4.84. The summed E-state index contributed by atoms with van der Waals surface area (Å²) in [4.78, 5) is 86.5. The molecule has 2 aliphatic heterocycles. The summed E-state index contributed by atoms with van der Waals surface area (Å²) in [7, 11) is 1.48. The molecule has 5 amide bonds. The first-order chi connectivity index (χ1) is 25.1. The minimum Gasteiger partial charge on any atom is -0.497 e. The van der Waals surface area contributed by atoms with E-state index in [9.17, 15) is 33.9 Å². The normalized spacial score (nSPS) is 18.0. The number of pyridine rings is 1. The summed E-state index contributed by atoms with van der Waals surface area (Å²) in [5.41, 5.74) is 0.193. The van der Waals surface area contributed by atoms with E-state index in [0.717, 1.165) is 32.1 Å². The quantitative estimate of drug-likeness (QED) is 0.228. The number of methoxy groups -OCH3 is 1. The molecule has 1 aromatic carbocycles. The smallest absolute Gasteiger partial charge is 0.409 e. The average molecular weight is 725 g/mol. The molecule has 3 aliphatic rings. The van der Waals surface area contributed by atoms with Crippen molar-refractivity contribution in [2.75, 3.05) is 53.0 Å². The summed E-state index contributed by atoms with van der Waals surface area (Å²) >= 11 is 0. The molecular formula is C36H48N6O10. The Labute approximate surface area is 302 Å². The molecular weight excluding hydrogens is 676 g/mol. The molecule has 1 aliphatic carbocycles. The molecule has 16 heteroatoms. The SMILES string of the molecule is CCCCOC(=O)N1CCN(C(=O)C(CCC(=O)O)NC(=O)c2cc(OCC(=O)N3CCCC3C(=O)NC3CCC3)c3ccc(OC)cc3n2)CC1. The minimum absolute atomic E-state index is 0.130. The molecule has 5 rings (SSSR count). The van der Waals surface area contributed by atoms with Crippen LogP contribution in [0.2, 0.25) is 0 Å². The minimum atomic E-state index is -1.20. The number of nitrogens with one attached hydrogen (secondary N) is 2. The molecule has 2 unspecified atom stereocenters. The van der Waals surface area contributed by atoms with E-state index < -0.39 is 42.6 Å². The van der Waals surface area contributed by atoms with Crippen molar-refractivity contribution < 1.29 is 48.1 Å². The van der Waals surface area contributed by atoms with Gasteiger partial charge in [-0.05, 0) is 57.1 Å². The van der Waals surface area contributed by atoms with Gasteiger partial charge in [0.25, 0.3) is 11.8 Å². The van der Waals surface area contributed by atoms with Crippen LogP contribution in [0.4, 0.5) is 4.79 Å². The van der Waals surface area contributed by atoms with Gasteiger partial charge in [0, 0.05) is 62.7 Å². The Balaban J connectivity index is 1.29. The second-order valence-corrected chi connectivity index (χ2v) is 13.3. The van der Waals surface area contributed by atoms with Gasteiger partial charge in [0.05, 0.1) is 19.2 Å². The fourth-order valence-corrected chi connectivity index (χ4v) is 6.43. The molecule has 3 heterocycles. The third-order valence-electron chi connectivity index (χ3n) is 9.71. The summed E-state index contributed by atoms with van der Waals surface area (Å²) < 4.78 is 16.6. The van der Waals surface area contributed by atoms with E-state index >= 15 is 0 Å². The highest BCUT2D eigenvalue weighted by Crippen LogP contribution is 2.29. The standard InChI is InChI=1S/C36H48N6O10/c1-3-4-19-51-36(49)41-17-15-40(16-18-41)35(48)26(12-13-32(44)45)39-33(46)28-21-30(25-11-10-24(50-2)20-27(25)38-28)52-22-31(43)42-14-6-9-29(42)34(47)37-23-7-5-8-23/h10-11,20-21,23,26,29H,3-9,12-19,22H2,1-2H3,(H,37,47)(H,39,46)(H,44,45).